The molecule has 0 aliphatic carbocycles. The number of nitrogens with one attached hydrogen (secondary N) is 1. The summed E-state index contributed by atoms with van der Waals surface area (Å²) in [7, 11) is 0. The summed E-state index contributed by atoms with van der Waals surface area (Å²) in [6, 6.07) is 0. The SMILES string of the molecule is CC(=O)NC1CSC(C)S1. The van der Waals surface area contributed by atoms with E-state index in [1.54, 1.807) is 6.92 Å². The molecule has 0 radical (unpaired) electrons. The third-order valence-corrected chi connectivity index (χ3v) is 4.15. The predicted octanol–water partition coefficient (Wildman–Crippen LogP) is 1.27. The first-order valence-corrected chi connectivity index (χ1v) is 5.22. The van der Waals surface area contributed by atoms with E-state index in [0.29, 0.717) is 9.96 Å². The third-order valence-electron chi connectivity index (χ3n) is 1.20. The summed E-state index contributed by atoms with van der Waals surface area (Å²) in [5.41, 5.74) is 0. The third kappa shape index (κ3) is 2.42. The maximum absolute atomic E-state index is 10.6. The Kier molecular flexibility index (Phi) is 2.92. The summed E-state index contributed by atoms with van der Waals surface area (Å²) < 4.78 is 0.636. The molecule has 0 aromatic heterocycles. The Morgan fingerprint density at radius 1 is 1.70 bits per heavy atom. The van der Waals surface area contributed by atoms with Gasteiger partial charge in [-0.2, -0.15) is 0 Å². The second-order valence-electron chi connectivity index (χ2n) is 2.23. The fraction of sp³-hybridized carbons (Fsp3) is 0.833. The number of thioether (sulfide) groups is 2. The number of carbonyl (C=O) groups excluding carboxylic acids is 1. The van der Waals surface area contributed by atoms with E-state index in [-0.39, 0.29) is 5.91 Å². The topological polar surface area (TPSA) is 29.1 Å². The Hall–Kier alpha value is 0.170. The number of amides is 1. The minimum atomic E-state index is 0.0761. The van der Waals surface area contributed by atoms with Crippen LogP contribution in [-0.4, -0.2) is 21.6 Å². The molecule has 10 heavy (non-hydrogen) atoms. The molecular weight excluding hydrogens is 166 g/mol. The standard InChI is InChI=1S/C6H11NOS2/c1-4(8)7-6-3-9-5(2)10-6/h5-6H,3H2,1-2H3,(H,7,8). The van der Waals surface area contributed by atoms with E-state index in [1.807, 2.05) is 23.5 Å². The number of hydrogen-bond donors (Lipinski definition) is 1. The van der Waals surface area contributed by atoms with Crippen LogP contribution in [0.25, 0.3) is 0 Å². The van der Waals surface area contributed by atoms with Crippen LogP contribution in [0.4, 0.5) is 0 Å². The minimum Gasteiger partial charge on any atom is -0.344 e. The van der Waals surface area contributed by atoms with E-state index < -0.39 is 0 Å². The van der Waals surface area contributed by atoms with Gasteiger partial charge in [-0.15, -0.1) is 23.5 Å². The molecule has 2 nitrogen and oxygen atoms in total. The van der Waals surface area contributed by atoms with E-state index in [2.05, 4.69) is 12.2 Å². The maximum Gasteiger partial charge on any atom is 0.217 e. The molecule has 0 aromatic carbocycles. The number of rotatable bonds is 1. The van der Waals surface area contributed by atoms with Crippen molar-refractivity contribution in [1.29, 1.82) is 0 Å². The van der Waals surface area contributed by atoms with Crippen molar-refractivity contribution in [3.63, 3.8) is 0 Å². The van der Waals surface area contributed by atoms with Gasteiger partial charge in [0.05, 0.1) is 5.37 Å². The van der Waals surface area contributed by atoms with Gasteiger partial charge in [-0.3, -0.25) is 4.79 Å². The van der Waals surface area contributed by atoms with Crippen molar-refractivity contribution in [3.05, 3.63) is 0 Å². The van der Waals surface area contributed by atoms with Crippen molar-refractivity contribution in [2.24, 2.45) is 0 Å². The van der Waals surface area contributed by atoms with Crippen LogP contribution in [-0.2, 0) is 4.79 Å². The van der Waals surface area contributed by atoms with Crippen molar-refractivity contribution in [1.82, 2.24) is 5.32 Å². The maximum atomic E-state index is 10.6. The Labute approximate surface area is 69.5 Å². The Morgan fingerprint density at radius 2 is 2.40 bits per heavy atom. The van der Waals surface area contributed by atoms with E-state index in [9.17, 15) is 4.79 Å². The molecule has 4 heteroatoms. The first kappa shape index (κ1) is 8.27. The second kappa shape index (κ2) is 3.53. The number of hydrogen-bond acceptors (Lipinski definition) is 3. The fourth-order valence-electron chi connectivity index (χ4n) is 0.835. The van der Waals surface area contributed by atoms with Crippen molar-refractivity contribution < 1.29 is 4.79 Å². The first-order chi connectivity index (χ1) is 4.68. The van der Waals surface area contributed by atoms with Crippen LogP contribution < -0.4 is 5.32 Å². The van der Waals surface area contributed by atoms with Crippen molar-refractivity contribution in [2.45, 2.75) is 23.8 Å². The van der Waals surface area contributed by atoms with Gasteiger partial charge in [0.2, 0.25) is 5.91 Å². The van der Waals surface area contributed by atoms with Gasteiger partial charge in [-0.05, 0) is 6.92 Å². The molecule has 0 spiro atoms. The second-order valence-corrected chi connectivity index (χ2v) is 5.45. The van der Waals surface area contributed by atoms with Crippen molar-refractivity contribution >= 4 is 29.4 Å². The molecule has 1 aliphatic rings. The lowest BCUT2D eigenvalue weighted by Gasteiger charge is -2.07. The molecule has 1 heterocycles. The quantitative estimate of drug-likeness (QED) is 0.654. The van der Waals surface area contributed by atoms with Crippen LogP contribution in [0.5, 0.6) is 0 Å². The molecule has 0 aromatic rings. The highest BCUT2D eigenvalue weighted by atomic mass is 32.2. The zero-order valence-corrected chi connectivity index (χ0v) is 7.72. The van der Waals surface area contributed by atoms with Gasteiger partial charge in [0.25, 0.3) is 0 Å². The van der Waals surface area contributed by atoms with Crippen LogP contribution in [0.2, 0.25) is 0 Å². The molecule has 1 amide bonds. The molecule has 1 aliphatic heterocycles. The molecule has 2 unspecified atom stereocenters. The average Bonchev–Trinajstić information content (AvgIpc) is 2.13. The summed E-state index contributed by atoms with van der Waals surface area (Å²) in [6.45, 7) is 3.73. The van der Waals surface area contributed by atoms with Gasteiger partial charge >= 0.3 is 0 Å². The molecular formula is C6H11NOS2. The van der Waals surface area contributed by atoms with Crippen molar-refractivity contribution in [3.8, 4) is 0 Å². The molecule has 1 fully saturated rings. The summed E-state index contributed by atoms with van der Waals surface area (Å²) >= 11 is 3.72. The van der Waals surface area contributed by atoms with Gasteiger partial charge in [0.15, 0.2) is 0 Å². The Bertz CT molecular complexity index is 140. The van der Waals surface area contributed by atoms with E-state index >= 15 is 0 Å². The van der Waals surface area contributed by atoms with Crippen LogP contribution in [0, 0.1) is 0 Å². The van der Waals surface area contributed by atoms with Gasteiger partial charge in [0, 0.05) is 17.3 Å². The van der Waals surface area contributed by atoms with Crippen LogP contribution >= 0.6 is 23.5 Å². The molecule has 2 atom stereocenters. The van der Waals surface area contributed by atoms with Crippen LogP contribution in [0.3, 0.4) is 0 Å². The Morgan fingerprint density at radius 3 is 2.80 bits per heavy atom. The predicted molar refractivity (Wildman–Crippen MR) is 47.1 cm³/mol. The van der Waals surface area contributed by atoms with Gasteiger partial charge < -0.3 is 5.32 Å². The normalized spacial score (nSPS) is 32.2. The highest BCUT2D eigenvalue weighted by molar-refractivity contribution is 8.20. The van der Waals surface area contributed by atoms with Gasteiger partial charge in [-0.25, -0.2) is 0 Å². The molecule has 1 saturated heterocycles. The van der Waals surface area contributed by atoms with Gasteiger partial charge in [0.1, 0.15) is 0 Å². The molecule has 1 rings (SSSR count). The summed E-state index contributed by atoms with van der Waals surface area (Å²) in [5.74, 6) is 1.12. The highest BCUT2D eigenvalue weighted by Gasteiger charge is 2.22. The average molecular weight is 177 g/mol. The summed E-state index contributed by atoms with van der Waals surface area (Å²) in [4.78, 5) is 10.6. The lowest BCUT2D eigenvalue weighted by atomic mass is 10.6. The summed E-state index contributed by atoms with van der Waals surface area (Å²) in [5, 5.41) is 3.22. The lowest BCUT2D eigenvalue weighted by Crippen LogP contribution is -2.30. The largest absolute Gasteiger partial charge is 0.344 e. The van der Waals surface area contributed by atoms with E-state index in [0.717, 1.165) is 5.75 Å². The van der Waals surface area contributed by atoms with Gasteiger partial charge in [-0.1, -0.05) is 0 Å². The molecule has 58 valence electrons. The molecule has 0 bridgehead atoms. The monoisotopic (exact) mass is 177 g/mol. The number of carbonyl (C=O) groups is 1. The van der Waals surface area contributed by atoms with E-state index in [4.69, 9.17) is 0 Å². The van der Waals surface area contributed by atoms with Crippen LogP contribution in [0.1, 0.15) is 13.8 Å². The van der Waals surface area contributed by atoms with E-state index in [1.165, 1.54) is 0 Å². The highest BCUT2D eigenvalue weighted by Crippen LogP contribution is 2.35. The van der Waals surface area contributed by atoms with Crippen molar-refractivity contribution in [2.75, 3.05) is 5.75 Å². The molecule has 1 N–H and O–H groups in total. The zero-order valence-electron chi connectivity index (χ0n) is 6.09. The fourth-order valence-corrected chi connectivity index (χ4v) is 3.56. The molecule has 0 saturated carbocycles. The summed E-state index contributed by atoms with van der Waals surface area (Å²) in [6.07, 6.45) is 0. The Balaban J connectivity index is 2.24. The lowest BCUT2D eigenvalue weighted by molar-refractivity contribution is -0.119. The smallest absolute Gasteiger partial charge is 0.217 e. The zero-order chi connectivity index (χ0) is 7.56. The van der Waals surface area contributed by atoms with Crippen LogP contribution in [0.15, 0.2) is 0 Å². The minimum absolute atomic E-state index is 0.0761. The first-order valence-electron chi connectivity index (χ1n) is 3.22.